The molecule has 1 atom stereocenters. The first-order chi connectivity index (χ1) is 16.1. The van der Waals surface area contributed by atoms with Gasteiger partial charge in [0, 0.05) is 22.5 Å². The maximum absolute atomic E-state index is 12.9. The molecular formula is C25H27BrN2O6. The molecule has 0 spiro atoms. The molecule has 0 aliphatic heterocycles. The number of rotatable bonds is 6. The van der Waals surface area contributed by atoms with E-state index in [1.165, 1.54) is 11.7 Å². The number of carbonyl (C=O) groups excluding carboxylic acids is 3. The Labute approximate surface area is 206 Å². The van der Waals surface area contributed by atoms with Crippen molar-refractivity contribution in [1.29, 1.82) is 0 Å². The summed E-state index contributed by atoms with van der Waals surface area (Å²) in [7, 11) is 1.24. The van der Waals surface area contributed by atoms with Crippen molar-refractivity contribution < 1.29 is 28.6 Å². The van der Waals surface area contributed by atoms with Crippen molar-refractivity contribution in [3.05, 3.63) is 70.3 Å². The minimum atomic E-state index is -1.01. The summed E-state index contributed by atoms with van der Waals surface area (Å²) in [5.41, 5.74) is 1.39. The highest BCUT2D eigenvalue weighted by Crippen LogP contribution is 2.27. The number of methoxy groups -OCH3 is 1. The van der Waals surface area contributed by atoms with Crippen LogP contribution in [0.25, 0.3) is 10.9 Å². The van der Waals surface area contributed by atoms with Gasteiger partial charge < -0.3 is 19.5 Å². The second-order valence-electron chi connectivity index (χ2n) is 8.65. The van der Waals surface area contributed by atoms with Gasteiger partial charge in [-0.15, -0.1) is 0 Å². The van der Waals surface area contributed by atoms with E-state index in [1.807, 2.05) is 42.5 Å². The summed E-state index contributed by atoms with van der Waals surface area (Å²) in [5, 5.41) is 3.30. The van der Waals surface area contributed by atoms with Gasteiger partial charge in [0.1, 0.15) is 18.2 Å². The lowest BCUT2D eigenvalue weighted by molar-refractivity contribution is -0.143. The van der Waals surface area contributed by atoms with Crippen molar-refractivity contribution in [3.63, 3.8) is 0 Å². The maximum atomic E-state index is 12.9. The molecule has 2 aromatic carbocycles. The summed E-state index contributed by atoms with van der Waals surface area (Å²) in [6.45, 7) is 5.30. The first kappa shape index (κ1) is 25.3. The number of hydrogen-bond donors (Lipinski definition) is 1. The summed E-state index contributed by atoms with van der Waals surface area (Å²) in [5.74, 6) is -0.629. The topological polar surface area (TPSA) is 95.9 Å². The number of nitrogens with one attached hydrogen (secondary N) is 1. The van der Waals surface area contributed by atoms with Gasteiger partial charge in [-0.1, -0.05) is 52.3 Å². The summed E-state index contributed by atoms with van der Waals surface area (Å²) >= 11 is 3.43. The number of carbonyl (C=O) groups is 3. The molecule has 180 valence electrons. The first-order valence-electron chi connectivity index (χ1n) is 10.7. The number of nitrogens with zero attached hydrogens (tertiary/aromatic N) is 1. The lowest BCUT2D eigenvalue weighted by atomic mass is 10.1. The molecule has 0 radical (unpaired) electrons. The molecule has 1 aromatic heterocycles. The highest BCUT2D eigenvalue weighted by Gasteiger charge is 2.27. The predicted molar refractivity (Wildman–Crippen MR) is 131 cm³/mol. The Kier molecular flexibility index (Phi) is 7.98. The van der Waals surface area contributed by atoms with Crippen molar-refractivity contribution >= 4 is 45.0 Å². The van der Waals surface area contributed by atoms with Crippen LogP contribution in [0.1, 0.15) is 31.9 Å². The number of ether oxygens (including phenoxy) is 3. The molecular weight excluding hydrogens is 504 g/mol. The third-order valence-corrected chi connectivity index (χ3v) is 5.35. The molecule has 0 bridgehead atoms. The van der Waals surface area contributed by atoms with Gasteiger partial charge in [-0.05, 0) is 44.0 Å². The van der Waals surface area contributed by atoms with Crippen LogP contribution in [0.2, 0.25) is 0 Å². The zero-order valence-corrected chi connectivity index (χ0v) is 21.0. The van der Waals surface area contributed by atoms with Crippen LogP contribution in [0.4, 0.5) is 9.59 Å². The van der Waals surface area contributed by atoms with Gasteiger partial charge in [-0.2, -0.15) is 0 Å². The van der Waals surface area contributed by atoms with Gasteiger partial charge in [0.15, 0.2) is 0 Å². The number of aromatic nitrogens is 1. The second kappa shape index (κ2) is 10.7. The third-order valence-electron chi connectivity index (χ3n) is 4.85. The zero-order valence-electron chi connectivity index (χ0n) is 19.5. The van der Waals surface area contributed by atoms with Crippen molar-refractivity contribution in [1.82, 2.24) is 9.88 Å². The van der Waals surface area contributed by atoms with E-state index < -0.39 is 29.8 Å². The van der Waals surface area contributed by atoms with E-state index in [4.69, 9.17) is 14.2 Å². The number of fused-ring (bicyclic) bond motifs is 1. The van der Waals surface area contributed by atoms with E-state index in [-0.39, 0.29) is 13.0 Å². The molecule has 0 fully saturated rings. The molecule has 3 rings (SSSR count). The molecule has 34 heavy (non-hydrogen) atoms. The number of esters is 1. The van der Waals surface area contributed by atoms with E-state index in [9.17, 15) is 14.4 Å². The Bertz CT molecular complexity index is 1180. The summed E-state index contributed by atoms with van der Waals surface area (Å²) in [6, 6.07) is 13.8. The average molecular weight is 531 g/mol. The standard InChI is InChI=1S/C25H27BrN2O6/c1-25(2,3)34-23(30)27-20(22(29)32-4)12-17-14-28(21-13-18(26)10-11-19(17)21)24(31)33-15-16-8-6-5-7-9-16/h5-11,13-14,20H,12,15H2,1-4H3,(H,27,30)/t20-/m0/s1. The molecule has 9 heteroatoms. The smallest absolute Gasteiger partial charge is 0.418 e. The van der Waals surface area contributed by atoms with Crippen LogP contribution in [-0.2, 0) is 32.0 Å². The van der Waals surface area contributed by atoms with Gasteiger partial charge in [0.05, 0.1) is 12.6 Å². The summed E-state index contributed by atoms with van der Waals surface area (Å²) in [4.78, 5) is 37.6. The van der Waals surface area contributed by atoms with E-state index in [0.29, 0.717) is 11.1 Å². The third kappa shape index (κ3) is 6.60. The Morgan fingerprint density at radius 2 is 1.79 bits per heavy atom. The van der Waals surface area contributed by atoms with Crippen LogP contribution in [-0.4, -0.2) is 41.5 Å². The number of amides is 1. The molecule has 0 aliphatic rings. The number of hydrogen-bond acceptors (Lipinski definition) is 6. The van der Waals surface area contributed by atoms with Gasteiger partial charge in [0.25, 0.3) is 0 Å². The van der Waals surface area contributed by atoms with E-state index in [2.05, 4.69) is 21.2 Å². The van der Waals surface area contributed by atoms with Gasteiger partial charge in [0.2, 0.25) is 0 Å². The molecule has 0 unspecified atom stereocenters. The van der Waals surface area contributed by atoms with Crippen molar-refractivity contribution in [3.8, 4) is 0 Å². The van der Waals surface area contributed by atoms with Crippen molar-refractivity contribution in [2.24, 2.45) is 0 Å². The Morgan fingerprint density at radius 1 is 1.09 bits per heavy atom. The van der Waals surface area contributed by atoms with Crippen LogP contribution >= 0.6 is 15.9 Å². The fourth-order valence-corrected chi connectivity index (χ4v) is 3.73. The number of halogens is 1. The SMILES string of the molecule is COC(=O)[C@H](Cc1cn(C(=O)OCc2ccccc2)c2cc(Br)ccc12)NC(=O)OC(C)(C)C. The van der Waals surface area contributed by atoms with E-state index >= 15 is 0 Å². The number of benzene rings is 2. The molecule has 1 N–H and O–H groups in total. The molecule has 0 aliphatic carbocycles. The molecule has 1 heterocycles. The van der Waals surface area contributed by atoms with E-state index in [1.54, 1.807) is 33.0 Å². The largest absolute Gasteiger partial charge is 0.467 e. The molecule has 3 aromatic rings. The second-order valence-corrected chi connectivity index (χ2v) is 9.57. The highest BCUT2D eigenvalue weighted by molar-refractivity contribution is 9.10. The Hall–Kier alpha value is -3.33. The van der Waals surface area contributed by atoms with Crippen LogP contribution < -0.4 is 5.32 Å². The Morgan fingerprint density at radius 3 is 2.44 bits per heavy atom. The summed E-state index contributed by atoms with van der Waals surface area (Å²) < 4.78 is 17.8. The highest BCUT2D eigenvalue weighted by atomic mass is 79.9. The summed E-state index contributed by atoms with van der Waals surface area (Å²) in [6.07, 6.45) is 0.393. The molecule has 8 nitrogen and oxygen atoms in total. The van der Waals surface area contributed by atoms with Crippen molar-refractivity contribution in [2.75, 3.05) is 7.11 Å². The van der Waals surface area contributed by atoms with Gasteiger partial charge >= 0.3 is 18.2 Å². The predicted octanol–water partition coefficient (Wildman–Crippen LogP) is 5.20. The Balaban J connectivity index is 1.88. The fourth-order valence-electron chi connectivity index (χ4n) is 3.38. The fraction of sp³-hybridized carbons (Fsp3) is 0.320. The minimum Gasteiger partial charge on any atom is -0.467 e. The average Bonchev–Trinajstić information content (AvgIpc) is 3.13. The number of alkyl carbamates (subject to hydrolysis) is 1. The normalized spacial score (nSPS) is 12.1. The zero-order chi connectivity index (χ0) is 24.9. The monoisotopic (exact) mass is 530 g/mol. The van der Waals surface area contributed by atoms with E-state index in [0.717, 1.165) is 15.4 Å². The molecule has 1 amide bonds. The lowest BCUT2D eigenvalue weighted by Gasteiger charge is -2.22. The molecule has 0 saturated carbocycles. The van der Waals surface area contributed by atoms with Crippen LogP contribution in [0.3, 0.4) is 0 Å². The van der Waals surface area contributed by atoms with Crippen LogP contribution in [0.15, 0.2) is 59.2 Å². The lowest BCUT2D eigenvalue weighted by Crippen LogP contribution is -2.45. The quantitative estimate of drug-likeness (QED) is 0.347. The minimum absolute atomic E-state index is 0.0863. The van der Waals surface area contributed by atoms with Gasteiger partial charge in [-0.25, -0.2) is 14.4 Å². The van der Waals surface area contributed by atoms with Crippen LogP contribution in [0, 0.1) is 0 Å². The first-order valence-corrected chi connectivity index (χ1v) is 11.4. The van der Waals surface area contributed by atoms with Crippen molar-refractivity contribution in [2.45, 2.75) is 45.4 Å². The maximum Gasteiger partial charge on any atom is 0.418 e. The van der Waals surface area contributed by atoms with Gasteiger partial charge in [-0.3, -0.25) is 4.57 Å². The molecule has 0 saturated heterocycles. The van der Waals surface area contributed by atoms with Crippen LogP contribution in [0.5, 0.6) is 0 Å².